The topological polar surface area (TPSA) is 76.7 Å². The summed E-state index contributed by atoms with van der Waals surface area (Å²) in [5.41, 5.74) is 1.84. The minimum Gasteiger partial charge on any atom is -0.508 e. The van der Waals surface area contributed by atoms with Crippen LogP contribution in [-0.4, -0.2) is 11.1 Å². The van der Waals surface area contributed by atoms with Gasteiger partial charge in [0, 0.05) is 23.1 Å². The number of phenols is 1. The summed E-state index contributed by atoms with van der Waals surface area (Å²) in [5, 5.41) is 10.2. The molecule has 3 aromatic carbocycles. The zero-order valence-corrected chi connectivity index (χ0v) is 15.4. The molecule has 5 nitrogen and oxygen atoms in total. The van der Waals surface area contributed by atoms with E-state index in [1.54, 1.807) is 6.07 Å². The van der Waals surface area contributed by atoms with Gasteiger partial charge < -0.3 is 14.3 Å². The van der Waals surface area contributed by atoms with Crippen molar-refractivity contribution in [1.82, 2.24) is 0 Å². The Morgan fingerprint density at radius 3 is 2.14 bits per heavy atom. The van der Waals surface area contributed by atoms with Crippen molar-refractivity contribution >= 4 is 16.9 Å². The van der Waals surface area contributed by atoms with Gasteiger partial charge in [-0.3, -0.25) is 4.79 Å². The van der Waals surface area contributed by atoms with Crippen LogP contribution in [0, 0.1) is 0 Å². The van der Waals surface area contributed by atoms with E-state index in [0.29, 0.717) is 10.9 Å². The van der Waals surface area contributed by atoms with E-state index in [1.807, 2.05) is 60.7 Å². The molecule has 1 aromatic heterocycles. The first-order chi connectivity index (χ1) is 14.1. The molecule has 0 fully saturated rings. The Morgan fingerprint density at radius 2 is 1.52 bits per heavy atom. The summed E-state index contributed by atoms with van der Waals surface area (Å²) >= 11 is 0. The minimum absolute atomic E-state index is 0.0111. The molecule has 0 radical (unpaired) electrons. The molecule has 0 aliphatic carbocycles. The summed E-state index contributed by atoms with van der Waals surface area (Å²) in [5.74, 6) is -1.00. The van der Waals surface area contributed by atoms with Crippen LogP contribution in [0.4, 0.5) is 0 Å². The highest BCUT2D eigenvalue weighted by molar-refractivity contribution is 5.84. The lowest BCUT2D eigenvalue weighted by molar-refractivity contribution is -0.145. The van der Waals surface area contributed by atoms with Gasteiger partial charge in [-0.15, -0.1) is 0 Å². The van der Waals surface area contributed by atoms with Gasteiger partial charge in [-0.05, 0) is 23.3 Å². The largest absolute Gasteiger partial charge is 0.508 e. The van der Waals surface area contributed by atoms with Crippen LogP contribution in [0.5, 0.6) is 5.75 Å². The molecule has 0 atom stereocenters. The van der Waals surface area contributed by atoms with Gasteiger partial charge in [-0.2, -0.15) is 0 Å². The highest BCUT2D eigenvalue weighted by atomic mass is 16.5. The van der Waals surface area contributed by atoms with Crippen molar-refractivity contribution in [2.45, 2.75) is 12.5 Å². The molecule has 1 heterocycles. The van der Waals surface area contributed by atoms with Gasteiger partial charge in [0.1, 0.15) is 23.9 Å². The lowest BCUT2D eigenvalue weighted by Crippen LogP contribution is -2.17. The number of benzene rings is 3. The second-order valence-electron chi connectivity index (χ2n) is 6.63. The third-order valence-electron chi connectivity index (χ3n) is 4.69. The van der Waals surface area contributed by atoms with E-state index in [4.69, 9.17) is 9.15 Å². The van der Waals surface area contributed by atoms with Gasteiger partial charge in [0.2, 0.25) is 0 Å². The molecule has 0 bridgehead atoms. The maximum absolute atomic E-state index is 13.0. The normalized spacial score (nSPS) is 10.9. The van der Waals surface area contributed by atoms with Crippen LogP contribution >= 0.6 is 0 Å². The smallest absolute Gasteiger partial charge is 0.336 e. The number of hydrogen-bond acceptors (Lipinski definition) is 5. The molecule has 29 heavy (non-hydrogen) atoms. The predicted octanol–water partition coefficient (Wildman–Crippen LogP) is 4.37. The van der Waals surface area contributed by atoms with Crippen LogP contribution in [0.25, 0.3) is 11.0 Å². The van der Waals surface area contributed by atoms with Crippen LogP contribution in [-0.2, 0) is 16.1 Å². The molecule has 0 unspecified atom stereocenters. The fourth-order valence-corrected chi connectivity index (χ4v) is 3.33. The van der Waals surface area contributed by atoms with Crippen molar-refractivity contribution in [2.24, 2.45) is 0 Å². The summed E-state index contributed by atoms with van der Waals surface area (Å²) in [6.07, 6.45) is 0. The summed E-state index contributed by atoms with van der Waals surface area (Å²) < 4.78 is 10.7. The average molecular weight is 386 g/mol. The number of phenolic OH excluding ortho intramolecular Hbond substituents is 1. The van der Waals surface area contributed by atoms with E-state index in [0.717, 1.165) is 11.1 Å². The lowest BCUT2D eigenvalue weighted by Gasteiger charge is -2.17. The van der Waals surface area contributed by atoms with Gasteiger partial charge in [0.25, 0.3) is 0 Å². The Bertz CT molecular complexity index is 1160. The molecule has 0 amide bonds. The summed E-state index contributed by atoms with van der Waals surface area (Å²) in [6, 6.07) is 24.6. The van der Waals surface area contributed by atoms with Gasteiger partial charge in [0.05, 0.1) is 0 Å². The molecule has 144 valence electrons. The molecule has 4 rings (SSSR count). The predicted molar refractivity (Wildman–Crippen MR) is 109 cm³/mol. The van der Waals surface area contributed by atoms with Crippen molar-refractivity contribution in [2.75, 3.05) is 0 Å². The number of ether oxygens (including phenoxy) is 1. The summed E-state index contributed by atoms with van der Waals surface area (Å²) in [4.78, 5) is 24.9. The van der Waals surface area contributed by atoms with Gasteiger partial charge in [-0.25, -0.2) is 4.79 Å². The highest BCUT2D eigenvalue weighted by Gasteiger charge is 2.24. The molecule has 0 saturated carbocycles. The number of aromatic hydroxyl groups is 1. The molecule has 5 heteroatoms. The SMILES string of the molecule is O=C(OCc1cc(=O)oc2cc(O)ccc12)C(c1ccccc1)c1ccccc1. The van der Waals surface area contributed by atoms with Crippen molar-refractivity contribution in [1.29, 1.82) is 0 Å². The fraction of sp³-hybridized carbons (Fsp3) is 0.0833. The Hall–Kier alpha value is -3.86. The molecule has 1 N–H and O–H groups in total. The van der Waals surface area contributed by atoms with E-state index in [9.17, 15) is 14.7 Å². The van der Waals surface area contributed by atoms with Crippen molar-refractivity contribution < 1.29 is 19.1 Å². The number of hydrogen-bond donors (Lipinski definition) is 1. The number of fused-ring (bicyclic) bond motifs is 1. The number of carbonyl (C=O) groups is 1. The molecular weight excluding hydrogens is 368 g/mol. The first kappa shape index (κ1) is 18.5. The molecule has 4 aromatic rings. The highest BCUT2D eigenvalue weighted by Crippen LogP contribution is 2.27. The van der Waals surface area contributed by atoms with Crippen molar-refractivity contribution in [3.05, 3.63) is 112 Å². The number of rotatable bonds is 5. The molecule has 0 spiro atoms. The Labute approximate surface area is 166 Å². The molecule has 0 saturated heterocycles. The van der Waals surface area contributed by atoms with Crippen molar-refractivity contribution in [3.8, 4) is 5.75 Å². The summed E-state index contributed by atoms with van der Waals surface area (Å²) in [6.45, 7) is -0.0815. The third-order valence-corrected chi connectivity index (χ3v) is 4.69. The fourth-order valence-electron chi connectivity index (χ4n) is 3.33. The first-order valence-electron chi connectivity index (χ1n) is 9.14. The maximum atomic E-state index is 13.0. The second-order valence-corrected chi connectivity index (χ2v) is 6.63. The van der Waals surface area contributed by atoms with Crippen LogP contribution in [0.15, 0.2) is 94.1 Å². The lowest BCUT2D eigenvalue weighted by atomic mass is 9.91. The van der Waals surface area contributed by atoms with Crippen molar-refractivity contribution in [3.63, 3.8) is 0 Å². The van der Waals surface area contributed by atoms with Crippen LogP contribution in [0.1, 0.15) is 22.6 Å². The van der Waals surface area contributed by atoms with E-state index >= 15 is 0 Å². The Balaban J connectivity index is 1.64. The van der Waals surface area contributed by atoms with E-state index < -0.39 is 17.5 Å². The van der Waals surface area contributed by atoms with Crippen LogP contribution in [0.2, 0.25) is 0 Å². The molecule has 0 aliphatic heterocycles. The quantitative estimate of drug-likeness (QED) is 0.407. The van der Waals surface area contributed by atoms with E-state index in [-0.39, 0.29) is 17.9 Å². The number of carbonyl (C=O) groups excluding carboxylic acids is 1. The van der Waals surface area contributed by atoms with E-state index in [1.165, 1.54) is 18.2 Å². The first-order valence-corrected chi connectivity index (χ1v) is 9.14. The third kappa shape index (κ3) is 4.04. The van der Waals surface area contributed by atoms with Crippen LogP contribution < -0.4 is 5.63 Å². The van der Waals surface area contributed by atoms with Gasteiger partial charge in [0.15, 0.2) is 0 Å². The average Bonchev–Trinajstić information content (AvgIpc) is 2.73. The minimum atomic E-state index is -0.576. The molecule has 0 aliphatic rings. The Morgan fingerprint density at radius 1 is 0.897 bits per heavy atom. The monoisotopic (exact) mass is 386 g/mol. The molecular formula is C24H18O5. The maximum Gasteiger partial charge on any atom is 0.336 e. The number of esters is 1. The zero-order valence-electron chi connectivity index (χ0n) is 15.4. The zero-order chi connectivity index (χ0) is 20.2. The summed E-state index contributed by atoms with van der Waals surface area (Å²) in [7, 11) is 0. The second kappa shape index (κ2) is 8.02. The van der Waals surface area contributed by atoms with Gasteiger partial charge >= 0.3 is 11.6 Å². The standard InChI is InChI=1S/C24H18O5/c25-19-11-12-20-18(13-22(26)29-21(20)14-19)15-28-24(27)23(16-7-3-1-4-8-16)17-9-5-2-6-10-17/h1-14,23,25H,15H2. The van der Waals surface area contributed by atoms with Gasteiger partial charge in [-0.1, -0.05) is 60.7 Å². The van der Waals surface area contributed by atoms with E-state index in [2.05, 4.69) is 0 Å². The van der Waals surface area contributed by atoms with Crippen LogP contribution in [0.3, 0.4) is 0 Å². The Kier molecular flexibility index (Phi) is 5.12.